The average molecular weight is 193 g/mol. The van der Waals surface area contributed by atoms with E-state index < -0.39 is 12.2 Å². The molecule has 1 aromatic rings. The summed E-state index contributed by atoms with van der Waals surface area (Å²) in [5.74, 6) is 0. The molecule has 1 aromatic heterocycles. The van der Waals surface area contributed by atoms with Crippen LogP contribution in [0.1, 0.15) is 18.6 Å². The Bertz CT molecular complexity index is 234. The number of hydrogen-bond donors (Lipinski definition) is 2. The van der Waals surface area contributed by atoms with Crippen molar-refractivity contribution in [3.05, 3.63) is 21.3 Å². The van der Waals surface area contributed by atoms with Crippen LogP contribution in [0.2, 0.25) is 4.34 Å². The van der Waals surface area contributed by atoms with Gasteiger partial charge in [0.05, 0.1) is 10.4 Å². The van der Waals surface area contributed by atoms with Gasteiger partial charge in [0.15, 0.2) is 0 Å². The molecular weight excluding hydrogens is 184 g/mol. The van der Waals surface area contributed by atoms with Crippen molar-refractivity contribution in [2.75, 3.05) is 0 Å². The van der Waals surface area contributed by atoms with Crippen molar-refractivity contribution >= 4 is 22.9 Å². The van der Waals surface area contributed by atoms with E-state index in [1.807, 2.05) is 0 Å². The van der Waals surface area contributed by atoms with Gasteiger partial charge < -0.3 is 10.2 Å². The molecule has 0 amide bonds. The lowest BCUT2D eigenvalue weighted by Gasteiger charge is -2.11. The molecule has 11 heavy (non-hydrogen) atoms. The van der Waals surface area contributed by atoms with E-state index in [4.69, 9.17) is 16.7 Å². The van der Waals surface area contributed by atoms with Gasteiger partial charge in [-0.1, -0.05) is 11.6 Å². The van der Waals surface area contributed by atoms with E-state index >= 15 is 0 Å². The van der Waals surface area contributed by atoms with Gasteiger partial charge in [-0.05, 0) is 18.4 Å². The first-order chi connectivity index (χ1) is 5.13. The molecule has 1 heterocycles. The SMILES string of the molecule is CC(O)C(O)c1ccsc1Cl. The van der Waals surface area contributed by atoms with E-state index in [9.17, 15) is 5.11 Å². The van der Waals surface area contributed by atoms with Crippen LogP contribution in [0.25, 0.3) is 0 Å². The lowest BCUT2D eigenvalue weighted by molar-refractivity contribution is 0.0308. The molecule has 0 aliphatic carbocycles. The highest BCUT2D eigenvalue weighted by atomic mass is 35.5. The number of hydrogen-bond acceptors (Lipinski definition) is 3. The first kappa shape index (κ1) is 9.00. The van der Waals surface area contributed by atoms with E-state index in [-0.39, 0.29) is 0 Å². The van der Waals surface area contributed by atoms with Gasteiger partial charge in [-0.3, -0.25) is 0 Å². The molecule has 2 unspecified atom stereocenters. The van der Waals surface area contributed by atoms with Crippen LogP contribution < -0.4 is 0 Å². The van der Waals surface area contributed by atoms with Gasteiger partial charge >= 0.3 is 0 Å². The van der Waals surface area contributed by atoms with Crippen molar-refractivity contribution in [3.63, 3.8) is 0 Å². The maximum atomic E-state index is 9.34. The predicted molar refractivity (Wildman–Crippen MR) is 46.0 cm³/mol. The number of aliphatic hydroxyl groups excluding tert-OH is 2. The monoisotopic (exact) mass is 192 g/mol. The van der Waals surface area contributed by atoms with Crippen LogP contribution >= 0.6 is 22.9 Å². The maximum Gasteiger partial charge on any atom is 0.107 e. The lowest BCUT2D eigenvalue weighted by atomic mass is 10.1. The molecule has 0 aliphatic rings. The molecule has 0 radical (unpaired) electrons. The van der Waals surface area contributed by atoms with Crippen molar-refractivity contribution in [3.8, 4) is 0 Å². The fraction of sp³-hybridized carbons (Fsp3) is 0.429. The third-order valence-corrected chi connectivity index (χ3v) is 2.62. The van der Waals surface area contributed by atoms with E-state index in [0.29, 0.717) is 9.90 Å². The molecule has 2 N–H and O–H groups in total. The van der Waals surface area contributed by atoms with Gasteiger partial charge in [0.25, 0.3) is 0 Å². The van der Waals surface area contributed by atoms with Crippen molar-refractivity contribution < 1.29 is 10.2 Å². The second-order valence-electron chi connectivity index (χ2n) is 2.34. The summed E-state index contributed by atoms with van der Waals surface area (Å²) in [5, 5.41) is 20.1. The fourth-order valence-corrected chi connectivity index (χ4v) is 1.76. The zero-order chi connectivity index (χ0) is 8.43. The Balaban J connectivity index is 2.84. The summed E-state index contributed by atoms with van der Waals surface area (Å²) < 4.78 is 0.540. The van der Waals surface area contributed by atoms with Crippen molar-refractivity contribution in [1.82, 2.24) is 0 Å². The Morgan fingerprint density at radius 2 is 2.18 bits per heavy atom. The van der Waals surface area contributed by atoms with E-state index in [2.05, 4.69) is 0 Å². The summed E-state index contributed by atoms with van der Waals surface area (Å²) in [6, 6.07) is 1.71. The Hall–Kier alpha value is -0.0900. The lowest BCUT2D eigenvalue weighted by Crippen LogP contribution is -2.13. The minimum Gasteiger partial charge on any atom is -0.390 e. The molecule has 2 atom stereocenters. The van der Waals surface area contributed by atoms with Gasteiger partial charge in [-0.15, -0.1) is 11.3 Å². The number of rotatable bonds is 2. The Morgan fingerprint density at radius 3 is 2.55 bits per heavy atom. The highest BCUT2D eigenvalue weighted by Crippen LogP contribution is 2.29. The zero-order valence-electron chi connectivity index (χ0n) is 5.99. The summed E-state index contributed by atoms with van der Waals surface area (Å²) in [4.78, 5) is 0. The van der Waals surface area contributed by atoms with E-state index in [0.717, 1.165) is 0 Å². The topological polar surface area (TPSA) is 40.5 Å². The number of aliphatic hydroxyl groups is 2. The number of thiophene rings is 1. The summed E-state index contributed by atoms with van der Waals surface area (Å²) in [6.07, 6.45) is -1.64. The van der Waals surface area contributed by atoms with Crippen LogP contribution in [0, 0.1) is 0 Å². The van der Waals surface area contributed by atoms with E-state index in [1.165, 1.54) is 18.3 Å². The number of halogens is 1. The molecule has 0 bridgehead atoms. The Morgan fingerprint density at radius 1 is 1.55 bits per heavy atom. The normalized spacial score (nSPS) is 16.4. The van der Waals surface area contributed by atoms with Gasteiger partial charge in [0.1, 0.15) is 6.10 Å². The van der Waals surface area contributed by atoms with Crippen LogP contribution in [-0.4, -0.2) is 16.3 Å². The Kier molecular flexibility index (Phi) is 2.90. The van der Waals surface area contributed by atoms with Crippen LogP contribution in [-0.2, 0) is 0 Å². The molecule has 0 saturated carbocycles. The molecule has 0 fully saturated rings. The highest BCUT2D eigenvalue weighted by molar-refractivity contribution is 7.14. The van der Waals surface area contributed by atoms with Crippen molar-refractivity contribution in [2.24, 2.45) is 0 Å². The van der Waals surface area contributed by atoms with Crippen LogP contribution in [0.15, 0.2) is 11.4 Å². The smallest absolute Gasteiger partial charge is 0.107 e. The highest BCUT2D eigenvalue weighted by Gasteiger charge is 2.16. The second-order valence-corrected chi connectivity index (χ2v) is 3.85. The standard InChI is InChI=1S/C7H9ClO2S/c1-4(9)6(10)5-2-3-11-7(5)8/h2-4,6,9-10H,1H3. The molecule has 1 rings (SSSR count). The van der Waals surface area contributed by atoms with Crippen LogP contribution in [0.5, 0.6) is 0 Å². The molecular formula is C7H9ClO2S. The molecule has 62 valence electrons. The third-order valence-electron chi connectivity index (χ3n) is 1.42. The van der Waals surface area contributed by atoms with Crippen LogP contribution in [0.4, 0.5) is 0 Å². The van der Waals surface area contributed by atoms with Gasteiger partial charge in [0.2, 0.25) is 0 Å². The summed E-state index contributed by atoms with van der Waals surface area (Å²) in [5.41, 5.74) is 0.603. The Labute approximate surface area is 74.1 Å². The minimum atomic E-state index is -0.867. The van der Waals surface area contributed by atoms with Gasteiger partial charge in [0, 0.05) is 5.56 Å². The molecule has 4 heteroatoms. The molecule has 0 aromatic carbocycles. The molecule has 0 spiro atoms. The van der Waals surface area contributed by atoms with Crippen molar-refractivity contribution in [2.45, 2.75) is 19.1 Å². The van der Waals surface area contributed by atoms with Crippen LogP contribution in [0.3, 0.4) is 0 Å². The van der Waals surface area contributed by atoms with Gasteiger partial charge in [-0.25, -0.2) is 0 Å². The quantitative estimate of drug-likeness (QED) is 0.751. The van der Waals surface area contributed by atoms with E-state index in [1.54, 1.807) is 11.4 Å². The van der Waals surface area contributed by atoms with Gasteiger partial charge in [-0.2, -0.15) is 0 Å². The summed E-state index contributed by atoms with van der Waals surface area (Å²) >= 11 is 7.07. The second kappa shape index (κ2) is 3.54. The summed E-state index contributed by atoms with van der Waals surface area (Å²) in [7, 11) is 0. The first-order valence-corrected chi connectivity index (χ1v) is 4.47. The van der Waals surface area contributed by atoms with Crippen molar-refractivity contribution in [1.29, 1.82) is 0 Å². The predicted octanol–water partition coefficient (Wildman–Crippen LogP) is 1.82. The fourth-order valence-electron chi connectivity index (χ4n) is 0.775. The maximum absolute atomic E-state index is 9.34. The summed E-state index contributed by atoms with van der Waals surface area (Å²) in [6.45, 7) is 1.53. The average Bonchev–Trinajstić information content (AvgIpc) is 2.33. The molecule has 2 nitrogen and oxygen atoms in total. The minimum absolute atomic E-state index is 0.540. The largest absolute Gasteiger partial charge is 0.390 e. The zero-order valence-corrected chi connectivity index (χ0v) is 7.56. The third kappa shape index (κ3) is 1.93. The molecule has 0 aliphatic heterocycles. The molecule has 0 saturated heterocycles. The first-order valence-electron chi connectivity index (χ1n) is 3.22.